The van der Waals surface area contributed by atoms with Crippen molar-refractivity contribution in [1.29, 1.82) is 0 Å². The van der Waals surface area contributed by atoms with E-state index in [9.17, 15) is 9.59 Å². The second kappa shape index (κ2) is 6.99. The fraction of sp³-hybridized carbons (Fsp3) is 0.833. The zero-order chi connectivity index (χ0) is 13.6. The van der Waals surface area contributed by atoms with Crippen LogP contribution in [0.3, 0.4) is 0 Å². The molecule has 0 aliphatic carbocycles. The van der Waals surface area contributed by atoms with Gasteiger partial charge in [0.25, 0.3) is 0 Å². The molecule has 0 aromatic rings. The average molecular weight is 274 g/mol. The fourth-order valence-electron chi connectivity index (χ4n) is 2.03. The van der Waals surface area contributed by atoms with E-state index < -0.39 is 17.4 Å². The number of hydrogen-bond donors (Lipinski definition) is 3. The van der Waals surface area contributed by atoms with Crippen LogP contribution >= 0.6 is 11.8 Å². The number of hydrogen-bond acceptors (Lipinski definition) is 4. The van der Waals surface area contributed by atoms with Crippen molar-refractivity contribution < 1.29 is 14.7 Å². The number of rotatable bonds is 6. The highest BCUT2D eigenvalue weighted by molar-refractivity contribution is 7.98. The summed E-state index contributed by atoms with van der Waals surface area (Å²) in [5.74, 6) is -0.345. The predicted molar refractivity (Wildman–Crippen MR) is 72.8 cm³/mol. The highest BCUT2D eigenvalue weighted by Crippen LogP contribution is 2.28. The molecule has 1 rings (SSSR count). The molecule has 18 heavy (non-hydrogen) atoms. The van der Waals surface area contributed by atoms with Gasteiger partial charge in [0.1, 0.15) is 6.04 Å². The molecule has 0 bridgehead atoms. The third kappa shape index (κ3) is 4.17. The van der Waals surface area contributed by atoms with Gasteiger partial charge in [0, 0.05) is 5.41 Å². The number of nitrogens with one attached hydrogen (secondary N) is 2. The summed E-state index contributed by atoms with van der Waals surface area (Å²) in [7, 11) is 0. The molecule has 0 radical (unpaired) electrons. The zero-order valence-electron chi connectivity index (χ0n) is 11.0. The molecule has 1 atom stereocenters. The quantitative estimate of drug-likeness (QED) is 0.664. The Morgan fingerprint density at radius 1 is 1.44 bits per heavy atom. The topological polar surface area (TPSA) is 78.4 Å². The van der Waals surface area contributed by atoms with Gasteiger partial charge >= 0.3 is 5.97 Å². The summed E-state index contributed by atoms with van der Waals surface area (Å²) in [6.45, 7) is 3.54. The first-order chi connectivity index (χ1) is 8.49. The third-order valence-corrected chi connectivity index (χ3v) is 4.11. The van der Waals surface area contributed by atoms with E-state index in [2.05, 4.69) is 10.6 Å². The molecule has 1 saturated heterocycles. The number of piperidine rings is 1. The molecule has 0 saturated carbocycles. The van der Waals surface area contributed by atoms with E-state index in [1.165, 1.54) is 0 Å². The Morgan fingerprint density at radius 2 is 2.06 bits per heavy atom. The highest BCUT2D eigenvalue weighted by atomic mass is 32.2. The van der Waals surface area contributed by atoms with Gasteiger partial charge < -0.3 is 15.7 Å². The average Bonchev–Trinajstić information content (AvgIpc) is 2.34. The second-order valence-electron chi connectivity index (χ2n) is 4.96. The van der Waals surface area contributed by atoms with Gasteiger partial charge in [-0.15, -0.1) is 0 Å². The summed E-state index contributed by atoms with van der Waals surface area (Å²) in [4.78, 5) is 23.3. The van der Waals surface area contributed by atoms with E-state index in [1.54, 1.807) is 11.8 Å². The van der Waals surface area contributed by atoms with Gasteiger partial charge in [-0.05, 0) is 44.4 Å². The minimum absolute atomic E-state index is 0.127. The Balaban J connectivity index is 2.56. The van der Waals surface area contributed by atoms with Gasteiger partial charge in [-0.2, -0.15) is 11.8 Å². The van der Waals surface area contributed by atoms with Crippen molar-refractivity contribution in [2.75, 3.05) is 25.1 Å². The maximum absolute atomic E-state index is 12.2. The molecular weight excluding hydrogens is 252 g/mol. The standard InChI is InChI=1S/C12H22N2O3S/c1-12(4-6-13-7-5-12)11(17)14-9(10(15)16)3-8-18-2/h9,13H,3-8H2,1-2H3,(H,14,17)(H,15,16)/t9-/m0/s1. The lowest BCUT2D eigenvalue weighted by atomic mass is 9.80. The minimum atomic E-state index is -0.949. The first kappa shape index (κ1) is 15.3. The molecule has 0 aromatic heterocycles. The van der Waals surface area contributed by atoms with Crippen molar-refractivity contribution in [3.05, 3.63) is 0 Å². The van der Waals surface area contributed by atoms with E-state index in [4.69, 9.17) is 5.11 Å². The van der Waals surface area contributed by atoms with E-state index >= 15 is 0 Å². The van der Waals surface area contributed by atoms with Crippen molar-refractivity contribution in [3.8, 4) is 0 Å². The Hall–Kier alpha value is -0.750. The van der Waals surface area contributed by atoms with Crippen molar-refractivity contribution in [3.63, 3.8) is 0 Å². The van der Waals surface area contributed by atoms with Crippen LogP contribution in [-0.2, 0) is 9.59 Å². The van der Waals surface area contributed by atoms with E-state index in [-0.39, 0.29) is 5.91 Å². The van der Waals surface area contributed by atoms with Gasteiger partial charge in [-0.3, -0.25) is 4.79 Å². The predicted octanol–water partition coefficient (Wildman–Crippen LogP) is 0.699. The van der Waals surface area contributed by atoms with Crippen molar-refractivity contribution in [2.45, 2.75) is 32.2 Å². The maximum Gasteiger partial charge on any atom is 0.326 e. The lowest BCUT2D eigenvalue weighted by molar-refractivity contribution is -0.144. The molecule has 1 heterocycles. The van der Waals surface area contributed by atoms with Gasteiger partial charge in [0.15, 0.2) is 0 Å². The molecule has 5 nitrogen and oxygen atoms in total. The van der Waals surface area contributed by atoms with Crippen molar-refractivity contribution in [2.24, 2.45) is 5.41 Å². The Labute approximate surface area is 112 Å². The Kier molecular flexibility index (Phi) is 5.95. The normalized spacial score (nSPS) is 20.1. The van der Waals surface area contributed by atoms with Crippen LogP contribution in [0.15, 0.2) is 0 Å². The van der Waals surface area contributed by atoms with E-state index in [0.29, 0.717) is 6.42 Å². The molecule has 0 unspecified atom stereocenters. The lowest BCUT2D eigenvalue weighted by Gasteiger charge is -2.33. The van der Waals surface area contributed by atoms with Gasteiger partial charge in [0.05, 0.1) is 0 Å². The SMILES string of the molecule is CSCC[C@H](NC(=O)C1(C)CCNCC1)C(=O)O. The fourth-order valence-corrected chi connectivity index (χ4v) is 2.50. The zero-order valence-corrected chi connectivity index (χ0v) is 11.8. The number of carbonyl (C=O) groups excluding carboxylic acids is 1. The van der Waals surface area contributed by atoms with Crippen LogP contribution in [0.25, 0.3) is 0 Å². The molecule has 0 aromatic carbocycles. The summed E-state index contributed by atoms with van der Waals surface area (Å²) in [6.07, 6.45) is 3.91. The number of carbonyl (C=O) groups is 2. The molecular formula is C12H22N2O3S. The maximum atomic E-state index is 12.2. The van der Waals surface area contributed by atoms with Crippen LogP contribution in [0.2, 0.25) is 0 Å². The molecule has 6 heteroatoms. The smallest absolute Gasteiger partial charge is 0.326 e. The van der Waals surface area contributed by atoms with Crippen molar-refractivity contribution >= 4 is 23.6 Å². The monoisotopic (exact) mass is 274 g/mol. The van der Waals surface area contributed by atoms with Crippen LogP contribution in [0.1, 0.15) is 26.2 Å². The molecule has 0 spiro atoms. The van der Waals surface area contributed by atoms with Crippen LogP contribution in [0.4, 0.5) is 0 Å². The summed E-state index contributed by atoms with van der Waals surface area (Å²) >= 11 is 1.58. The molecule has 1 aliphatic rings. The van der Waals surface area contributed by atoms with Crippen LogP contribution in [-0.4, -0.2) is 48.1 Å². The largest absolute Gasteiger partial charge is 0.480 e. The summed E-state index contributed by atoms with van der Waals surface area (Å²) < 4.78 is 0. The second-order valence-corrected chi connectivity index (χ2v) is 5.94. The highest BCUT2D eigenvalue weighted by Gasteiger charge is 2.36. The van der Waals surface area contributed by atoms with Crippen LogP contribution in [0.5, 0.6) is 0 Å². The first-order valence-electron chi connectivity index (χ1n) is 6.23. The van der Waals surface area contributed by atoms with Crippen molar-refractivity contribution in [1.82, 2.24) is 10.6 Å². The first-order valence-corrected chi connectivity index (χ1v) is 7.62. The van der Waals surface area contributed by atoms with Gasteiger partial charge in [-0.1, -0.05) is 6.92 Å². The number of carboxylic acid groups (broad SMARTS) is 1. The number of amides is 1. The molecule has 1 fully saturated rings. The Morgan fingerprint density at radius 3 is 2.56 bits per heavy atom. The van der Waals surface area contributed by atoms with Crippen LogP contribution < -0.4 is 10.6 Å². The Bertz CT molecular complexity index is 304. The summed E-state index contributed by atoms with van der Waals surface area (Å²) in [5, 5.41) is 15.0. The lowest BCUT2D eigenvalue weighted by Crippen LogP contribution is -2.51. The molecule has 1 amide bonds. The number of carboxylic acids is 1. The summed E-state index contributed by atoms with van der Waals surface area (Å²) in [6, 6.07) is -0.767. The molecule has 1 aliphatic heterocycles. The van der Waals surface area contributed by atoms with Gasteiger partial charge in [0.2, 0.25) is 5.91 Å². The van der Waals surface area contributed by atoms with E-state index in [1.807, 2.05) is 13.2 Å². The van der Waals surface area contributed by atoms with Crippen LogP contribution in [0, 0.1) is 5.41 Å². The number of thioether (sulfide) groups is 1. The summed E-state index contributed by atoms with van der Waals surface area (Å²) in [5.41, 5.74) is -0.432. The van der Waals surface area contributed by atoms with Gasteiger partial charge in [-0.25, -0.2) is 4.79 Å². The minimum Gasteiger partial charge on any atom is -0.480 e. The molecule has 104 valence electrons. The molecule has 3 N–H and O–H groups in total. The van der Waals surface area contributed by atoms with E-state index in [0.717, 1.165) is 31.7 Å². The third-order valence-electron chi connectivity index (χ3n) is 3.47. The number of aliphatic carboxylic acids is 1.